The Balaban J connectivity index is 1.54. The molecular weight excluding hydrogens is 448 g/mol. The summed E-state index contributed by atoms with van der Waals surface area (Å²) in [7, 11) is 0. The van der Waals surface area contributed by atoms with Gasteiger partial charge in [-0.1, -0.05) is 79.8 Å². The first-order valence-corrected chi connectivity index (χ1v) is 12.4. The van der Waals surface area contributed by atoms with E-state index in [0.29, 0.717) is 6.61 Å². The van der Waals surface area contributed by atoms with Crippen molar-refractivity contribution < 1.29 is 19.3 Å². The predicted octanol–water partition coefficient (Wildman–Crippen LogP) is 8.41. The van der Waals surface area contributed by atoms with E-state index in [-0.39, 0.29) is 6.29 Å². The van der Waals surface area contributed by atoms with E-state index in [1.165, 1.54) is 0 Å². The van der Waals surface area contributed by atoms with Gasteiger partial charge in [-0.15, -0.1) is 0 Å². The van der Waals surface area contributed by atoms with E-state index in [0.717, 1.165) is 46.4 Å². The molecular formula is C32H36O4. The van der Waals surface area contributed by atoms with E-state index in [4.69, 9.17) is 19.3 Å². The van der Waals surface area contributed by atoms with Crippen molar-refractivity contribution in [2.45, 2.75) is 46.0 Å². The molecule has 0 aliphatic carbocycles. The van der Waals surface area contributed by atoms with Crippen LogP contribution in [-0.4, -0.2) is 18.0 Å². The Morgan fingerprint density at radius 3 is 1.72 bits per heavy atom. The molecule has 0 aromatic heterocycles. The molecule has 188 valence electrons. The highest BCUT2D eigenvalue weighted by molar-refractivity contribution is 5.58. The lowest BCUT2D eigenvalue weighted by molar-refractivity contribution is -0.0766. The molecule has 1 unspecified atom stereocenters. The summed E-state index contributed by atoms with van der Waals surface area (Å²) in [5, 5.41) is 8.92. The van der Waals surface area contributed by atoms with Crippen LogP contribution >= 0.6 is 0 Å². The second-order valence-corrected chi connectivity index (χ2v) is 8.82. The van der Waals surface area contributed by atoms with Gasteiger partial charge in [0.15, 0.2) is 6.29 Å². The summed E-state index contributed by atoms with van der Waals surface area (Å²) in [6.07, 6.45) is 11.5. The van der Waals surface area contributed by atoms with Gasteiger partial charge in [-0.25, -0.2) is 0 Å². The lowest BCUT2D eigenvalue weighted by Gasteiger charge is -2.27. The fourth-order valence-corrected chi connectivity index (χ4v) is 3.65. The number of allylic oxidation sites excluding steroid dienone is 2. The molecule has 0 spiro atoms. The number of rotatable bonds is 12. The summed E-state index contributed by atoms with van der Waals surface area (Å²) in [6.45, 7) is 8.74. The Kier molecular flexibility index (Phi) is 9.96. The van der Waals surface area contributed by atoms with Gasteiger partial charge < -0.3 is 19.3 Å². The fourth-order valence-electron chi connectivity index (χ4n) is 3.65. The monoisotopic (exact) mass is 484 g/mol. The molecule has 3 rings (SSSR count). The summed E-state index contributed by atoms with van der Waals surface area (Å²) in [4.78, 5) is 0. The van der Waals surface area contributed by atoms with Crippen LogP contribution in [0.4, 0.5) is 0 Å². The largest absolute Gasteiger partial charge is 0.516 e. The molecule has 0 radical (unpaired) electrons. The predicted molar refractivity (Wildman–Crippen MR) is 149 cm³/mol. The maximum absolute atomic E-state index is 8.92. The molecule has 1 N–H and O–H groups in total. The van der Waals surface area contributed by atoms with Crippen LogP contribution in [-0.2, 0) is 10.3 Å². The van der Waals surface area contributed by atoms with Gasteiger partial charge in [0.05, 0.1) is 6.26 Å². The van der Waals surface area contributed by atoms with Gasteiger partial charge in [0.1, 0.15) is 17.1 Å². The van der Waals surface area contributed by atoms with E-state index < -0.39 is 5.60 Å². The summed E-state index contributed by atoms with van der Waals surface area (Å²) in [5.41, 5.74) is 3.71. The van der Waals surface area contributed by atoms with E-state index in [1.54, 1.807) is 6.08 Å². The maximum atomic E-state index is 8.92. The molecule has 0 aliphatic rings. The Labute approximate surface area is 215 Å². The fraction of sp³-hybridized carbons (Fsp3) is 0.250. The van der Waals surface area contributed by atoms with Crippen LogP contribution in [0.5, 0.6) is 11.5 Å². The molecule has 0 saturated carbocycles. The minimum atomic E-state index is -0.484. The molecule has 4 heteroatoms. The van der Waals surface area contributed by atoms with Gasteiger partial charge in [0.2, 0.25) is 0 Å². The molecule has 1 atom stereocenters. The molecule has 0 aliphatic heterocycles. The lowest BCUT2D eigenvalue weighted by Crippen LogP contribution is -2.25. The van der Waals surface area contributed by atoms with Crippen molar-refractivity contribution in [2.75, 3.05) is 6.61 Å². The van der Waals surface area contributed by atoms with Crippen LogP contribution in [0.3, 0.4) is 0 Å². The number of benzene rings is 3. The zero-order chi connectivity index (χ0) is 25.8. The Morgan fingerprint density at radius 2 is 1.22 bits per heavy atom. The molecule has 3 aromatic rings. The minimum Gasteiger partial charge on any atom is -0.516 e. The van der Waals surface area contributed by atoms with Gasteiger partial charge in [0, 0.05) is 13.0 Å². The Morgan fingerprint density at radius 1 is 0.722 bits per heavy atom. The maximum Gasteiger partial charge on any atom is 0.199 e. The number of ether oxygens (including phenoxy) is 3. The molecule has 0 bridgehead atoms. The lowest BCUT2D eigenvalue weighted by atomic mass is 9.96. The topological polar surface area (TPSA) is 47.9 Å². The van der Waals surface area contributed by atoms with Crippen LogP contribution in [0, 0.1) is 0 Å². The zero-order valence-electron chi connectivity index (χ0n) is 21.6. The summed E-state index contributed by atoms with van der Waals surface area (Å²) in [6, 6.07) is 24.0. The Bertz CT molecular complexity index is 1140. The summed E-state index contributed by atoms with van der Waals surface area (Å²) >= 11 is 0. The van der Waals surface area contributed by atoms with Crippen LogP contribution in [0.25, 0.3) is 18.2 Å². The average Bonchev–Trinajstić information content (AvgIpc) is 2.88. The SMILES string of the molecule is CCOC(CC)Oc1ccc(C=CC=Cc2ccc(OC(C)(C)c3ccc(C=CO)cc3)cc2)cc1. The van der Waals surface area contributed by atoms with Crippen LogP contribution < -0.4 is 9.47 Å². The number of hydrogen-bond donors (Lipinski definition) is 1. The van der Waals surface area contributed by atoms with Crippen LogP contribution in [0.15, 0.2) is 91.2 Å². The second kappa shape index (κ2) is 13.4. The minimum absolute atomic E-state index is 0.205. The summed E-state index contributed by atoms with van der Waals surface area (Å²) in [5.74, 6) is 1.62. The van der Waals surface area contributed by atoms with Gasteiger partial charge in [-0.05, 0) is 73.4 Å². The highest BCUT2D eigenvalue weighted by Crippen LogP contribution is 2.28. The number of aliphatic hydroxyl groups excluding tert-OH is 1. The van der Waals surface area contributed by atoms with Crippen molar-refractivity contribution in [1.29, 1.82) is 0 Å². The molecule has 36 heavy (non-hydrogen) atoms. The van der Waals surface area contributed by atoms with E-state index in [2.05, 4.69) is 12.2 Å². The molecule has 0 saturated heterocycles. The van der Waals surface area contributed by atoms with Crippen molar-refractivity contribution in [1.82, 2.24) is 0 Å². The smallest absolute Gasteiger partial charge is 0.199 e. The van der Waals surface area contributed by atoms with Crippen molar-refractivity contribution in [3.05, 3.63) is 113 Å². The number of hydrogen-bond acceptors (Lipinski definition) is 4. The molecule has 3 aromatic carbocycles. The van der Waals surface area contributed by atoms with Gasteiger partial charge in [-0.3, -0.25) is 0 Å². The van der Waals surface area contributed by atoms with E-state index >= 15 is 0 Å². The first kappa shape index (κ1) is 26.8. The first-order chi connectivity index (χ1) is 17.4. The van der Waals surface area contributed by atoms with Gasteiger partial charge in [0.25, 0.3) is 0 Å². The standard InChI is InChI=1S/C32H36O4/c1-5-31(34-6-2)35-29-19-13-25(14-20-29)9-7-8-10-26-15-21-30(22-16-26)36-32(3,4)28-17-11-27(12-18-28)23-24-33/h7-24,31,33H,5-6H2,1-4H3. The van der Waals surface area contributed by atoms with E-state index in [1.807, 2.05) is 113 Å². The second-order valence-electron chi connectivity index (χ2n) is 8.82. The molecule has 4 nitrogen and oxygen atoms in total. The van der Waals surface area contributed by atoms with E-state index in [9.17, 15) is 0 Å². The quantitative estimate of drug-likeness (QED) is 0.159. The average molecular weight is 485 g/mol. The van der Waals surface area contributed by atoms with Crippen molar-refractivity contribution in [3.8, 4) is 11.5 Å². The van der Waals surface area contributed by atoms with Crippen LogP contribution in [0.1, 0.15) is 56.4 Å². The third-order valence-electron chi connectivity index (χ3n) is 5.65. The van der Waals surface area contributed by atoms with Gasteiger partial charge >= 0.3 is 0 Å². The van der Waals surface area contributed by atoms with Crippen molar-refractivity contribution in [3.63, 3.8) is 0 Å². The number of aliphatic hydroxyl groups is 1. The van der Waals surface area contributed by atoms with Crippen molar-refractivity contribution >= 4 is 18.2 Å². The third-order valence-corrected chi connectivity index (χ3v) is 5.65. The van der Waals surface area contributed by atoms with Crippen molar-refractivity contribution in [2.24, 2.45) is 0 Å². The van der Waals surface area contributed by atoms with Crippen LogP contribution in [0.2, 0.25) is 0 Å². The third kappa shape index (κ3) is 8.17. The highest BCUT2D eigenvalue weighted by atomic mass is 16.7. The highest BCUT2D eigenvalue weighted by Gasteiger charge is 2.22. The normalized spacial score (nSPS) is 13.0. The molecule has 0 amide bonds. The molecule has 0 fully saturated rings. The Hall–Kier alpha value is -3.76. The zero-order valence-corrected chi connectivity index (χ0v) is 21.6. The summed E-state index contributed by atoms with van der Waals surface area (Å²) < 4.78 is 17.6. The molecule has 0 heterocycles. The first-order valence-electron chi connectivity index (χ1n) is 12.4. The van der Waals surface area contributed by atoms with Gasteiger partial charge in [-0.2, -0.15) is 0 Å².